The third-order valence-electron chi connectivity index (χ3n) is 3.69. The Morgan fingerprint density at radius 1 is 1.60 bits per heavy atom. The Hall–Kier alpha value is -0.800. The molecule has 1 heterocycles. The molecule has 3 N–H and O–H groups in total. The lowest BCUT2D eigenvalue weighted by atomic mass is 9.87. The predicted octanol–water partition coefficient (Wildman–Crippen LogP) is 1.41. The van der Waals surface area contributed by atoms with Gasteiger partial charge in [0.05, 0.1) is 12.1 Å². The van der Waals surface area contributed by atoms with E-state index in [1.165, 1.54) is 5.56 Å². The maximum absolute atomic E-state index is 9.46. The summed E-state index contributed by atoms with van der Waals surface area (Å²) in [6.45, 7) is 6.44. The van der Waals surface area contributed by atoms with Crippen LogP contribution >= 0.6 is 0 Å². The maximum atomic E-state index is 9.46. The van der Waals surface area contributed by atoms with Gasteiger partial charge in [0.15, 0.2) is 0 Å². The number of fused-ring (bicyclic) bond motifs is 1. The number of aliphatic hydroxyl groups excluding tert-OH is 1. The molecule has 0 saturated carbocycles. The molecule has 0 saturated heterocycles. The lowest BCUT2D eigenvalue weighted by Gasteiger charge is -2.27. The van der Waals surface area contributed by atoms with Gasteiger partial charge >= 0.3 is 0 Å². The van der Waals surface area contributed by atoms with E-state index in [-0.39, 0.29) is 6.61 Å². The smallest absolute Gasteiger partial charge is 0.0690 e. The molecule has 0 aliphatic heterocycles. The van der Waals surface area contributed by atoms with Gasteiger partial charge in [-0.1, -0.05) is 6.92 Å². The van der Waals surface area contributed by atoms with E-state index >= 15 is 0 Å². The van der Waals surface area contributed by atoms with E-state index in [1.807, 2.05) is 0 Å². The lowest BCUT2D eigenvalue weighted by Crippen LogP contribution is -2.43. The molecule has 3 heteroatoms. The quantitative estimate of drug-likeness (QED) is 0.772. The van der Waals surface area contributed by atoms with E-state index in [0.717, 1.165) is 12.0 Å². The van der Waals surface area contributed by atoms with Gasteiger partial charge in [-0.3, -0.25) is 0 Å². The van der Waals surface area contributed by atoms with Gasteiger partial charge < -0.3 is 15.4 Å². The van der Waals surface area contributed by atoms with Crippen molar-refractivity contribution >= 4 is 0 Å². The zero-order chi connectivity index (χ0) is 11.2. The van der Waals surface area contributed by atoms with Crippen molar-refractivity contribution in [2.45, 2.75) is 38.8 Å². The number of rotatable bonds is 2. The molecule has 15 heavy (non-hydrogen) atoms. The molecular formula is C12H20N2O. The fraction of sp³-hybridized carbons (Fsp3) is 0.667. The van der Waals surface area contributed by atoms with Crippen molar-refractivity contribution in [2.24, 2.45) is 11.7 Å². The Bertz CT molecular complexity index is 370. The molecule has 0 aromatic carbocycles. The first-order valence-electron chi connectivity index (χ1n) is 5.59. The minimum absolute atomic E-state index is 0.0310. The first-order chi connectivity index (χ1) is 6.99. The van der Waals surface area contributed by atoms with E-state index < -0.39 is 5.54 Å². The van der Waals surface area contributed by atoms with Crippen LogP contribution in [-0.2, 0) is 12.0 Å². The van der Waals surface area contributed by atoms with E-state index in [9.17, 15) is 5.11 Å². The van der Waals surface area contributed by atoms with Crippen molar-refractivity contribution in [3.63, 3.8) is 0 Å². The van der Waals surface area contributed by atoms with E-state index in [2.05, 4.69) is 37.7 Å². The summed E-state index contributed by atoms with van der Waals surface area (Å²) in [5.74, 6) is 0.328. The summed E-state index contributed by atoms with van der Waals surface area (Å²) in [6, 6.07) is 0.453. The van der Waals surface area contributed by atoms with Crippen LogP contribution in [0.2, 0.25) is 0 Å². The highest BCUT2D eigenvalue weighted by Crippen LogP contribution is 2.40. The van der Waals surface area contributed by atoms with E-state index in [0.29, 0.717) is 12.0 Å². The fourth-order valence-corrected chi connectivity index (χ4v) is 2.42. The second-order valence-electron chi connectivity index (χ2n) is 5.04. The summed E-state index contributed by atoms with van der Waals surface area (Å²) < 4.78 is 2.17. The van der Waals surface area contributed by atoms with Gasteiger partial charge in [-0.2, -0.15) is 0 Å². The molecule has 1 aliphatic rings. The molecule has 2 unspecified atom stereocenters. The third-order valence-corrected chi connectivity index (χ3v) is 3.69. The van der Waals surface area contributed by atoms with Crippen LogP contribution in [0.15, 0.2) is 12.4 Å². The van der Waals surface area contributed by atoms with Gasteiger partial charge in [-0.15, -0.1) is 0 Å². The van der Waals surface area contributed by atoms with Gasteiger partial charge in [0.2, 0.25) is 0 Å². The lowest BCUT2D eigenvalue weighted by molar-refractivity contribution is 0.159. The monoisotopic (exact) mass is 208 g/mol. The number of aromatic nitrogens is 1. The van der Waals surface area contributed by atoms with E-state index in [4.69, 9.17) is 5.73 Å². The zero-order valence-electron chi connectivity index (χ0n) is 9.70. The minimum Gasteiger partial charge on any atom is -0.394 e. The molecule has 2 atom stereocenters. The van der Waals surface area contributed by atoms with Gasteiger partial charge in [0, 0.05) is 18.4 Å². The molecule has 1 aromatic rings. The Morgan fingerprint density at radius 2 is 2.27 bits per heavy atom. The van der Waals surface area contributed by atoms with Crippen LogP contribution < -0.4 is 5.73 Å². The molecule has 84 valence electrons. The van der Waals surface area contributed by atoms with Crippen LogP contribution in [0.5, 0.6) is 0 Å². The Morgan fingerprint density at radius 3 is 2.80 bits per heavy atom. The molecule has 0 bridgehead atoms. The summed E-state index contributed by atoms with van der Waals surface area (Å²) >= 11 is 0. The average molecular weight is 208 g/mol. The Balaban J connectivity index is 2.44. The van der Waals surface area contributed by atoms with Gasteiger partial charge in [0.1, 0.15) is 0 Å². The second kappa shape index (κ2) is 3.35. The first-order valence-corrected chi connectivity index (χ1v) is 5.59. The molecule has 0 spiro atoms. The van der Waals surface area contributed by atoms with Crippen molar-refractivity contribution < 1.29 is 5.11 Å². The highest BCUT2D eigenvalue weighted by atomic mass is 16.3. The molecular weight excluding hydrogens is 188 g/mol. The largest absolute Gasteiger partial charge is 0.394 e. The predicted molar refractivity (Wildman–Crippen MR) is 60.6 cm³/mol. The van der Waals surface area contributed by atoms with Gasteiger partial charge in [-0.25, -0.2) is 0 Å². The van der Waals surface area contributed by atoms with Crippen LogP contribution in [0, 0.1) is 5.92 Å². The number of hydrogen-bond donors (Lipinski definition) is 2. The second-order valence-corrected chi connectivity index (χ2v) is 5.04. The summed E-state index contributed by atoms with van der Waals surface area (Å²) in [4.78, 5) is 0. The third kappa shape index (κ3) is 1.42. The summed E-state index contributed by atoms with van der Waals surface area (Å²) in [7, 11) is 0. The Labute approximate surface area is 90.9 Å². The minimum atomic E-state index is -0.532. The summed E-state index contributed by atoms with van der Waals surface area (Å²) in [5.41, 5.74) is 8.16. The number of hydrogen-bond acceptors (Lipinski definition) is 2. The van der Waals surface area contributed by atoms with Crippen molar-refractivity contribution in [2.75, 3.05) is 6.61 Å². The molecule has 0 amide bonds. The molecule has 1 aromatic heterocycles. The van der Waals surface area contributed by atoms with Crippen LogP contribution in [-0.4, -0.2) is 16.3 Å². The maximum Gasteiger partial charge on any atom is 0.0690 e. The van der Waals surface area contributed by atoms with Crippen molar-refractivity contribution in [3.8, 4) is 0 Å². The molecule has 3 nitrogen and oxygen atoms in total. The Kier molecular flexibility index (Phi) is 2.40. The molecule has 0 fully saturated rings. The molecule has 0 radical (unpaired) electrons. The van der Waals surface area contributed by atoms with Gasteiger partial charge in [0.25, 0.3) is 0 Å². The highest BCUT2D eigenvalue weighted by Gasteiger charge is 2.41. The van der Waals surface area contributed by atoms with Crippen LogP contribution in [0.1, 0.15) is 37.9 Å². The normalized spacial score (nSPS) is 29.9. The molecule has 2 rings (SSSR count). The first kappa shape index (κ1) is 10.7. The number of nitrogens with zero attached hydrogens (tertiary/aromatic N) is 1. The fourth-order valence-electron chi connectivity index (χ4n) is 2.42. The van der Waals surface area contributed by atoms with Gasteiger partial charge in [-0.05, 0) is 37.3 Å². The van der Waals surface area contributed by atoms with Crippen molar-refractivity contribution in [3.05, 3.63) is 23.5 Å². The standard InChI is InChI=1S/C12H20N2O/c1-8(2)14-5-10-4-9(3)12(13,7-15)11(10)6-14/h5-6,8-9,15H,4,7,13H2,1-3H3. The summed E-state index contributed by atoms with van der Waals surface area (Å²) in [5, 5.41) is 9.46. The highest BCUT2D eigenvalue weighted by molar-refractivity contribution is 5.38. The zero-order valence-corrected chi connectivity index (χ0v) is 9.70. The average Bonchev–Trinajstić information content (AvgIpc) is 2.68. The van der Waals surface area contributed by atoms with Crippen LogP contribution in [0.4, 0.5) is 0 Å². The number of nitrogens with two attached hydrogens (primary N) is 1. The topological polar surface area (TPSA) is 51.2 Å². The number of aliphatic hydroxyl groups is 1. The van der Waals surface area contributed by atoms with Crippen LogP contribution in [0.3, 0.4) is 0 Å². The van der Waals surface area contributed by atoms with Crippen LogP contribution in [0.25, 0.3) is 0 Å². The van der Waals surface area contributed by atoms with Crippen molar-refractivity contribution in [1.82, 2.24) is 4.57 Å². The SMILES string of the molecule is CC(C)n1cc2c(c1)C(N)(CO)C(C)C2. The van der Waals surface area contributed by atoms with E-state index in [1.54, 1.807) is 0 Å². The molecule has 1 aliphatic carbocycles. The van der Waals surface area contributed by atoms with Crippen molar-refractivity contribution in [1.29, 1.82) is 0 Å². The summed E-state index contributed by atoms with van der Waals surface area (Å²) in [6.07, 6.45) is 5.24.